The van der Waals surface area contributed by atoms with Crippen molar-refractivity contribution in [2.75, 3.05) is 26.2 Å². The molecule has 0 saturated carbocycles. The number of aryl methyl sites for hydroxylation is 2. The fraction of sp³-hybridized carbons (Fsp3) is 0.750. The van der Waals surface area contributed by atoms with E-state index in [4.69, 9.17) is 4.52 Å². The number of likely N-dealkylation sites (tertiary alicyclic amines) is 1. The van der Waals surface area contributed by atoms with Gasteiger partial charge in [-0.1, -0.05) is 12.1 Å². The van der Waals surface area contributed by atoms with E-state index in [0.717, 1.165) is 25.9 Å². The van der Waals surface area contributed by atoms with Gasteiger partial charge in [0.05, 0.1) is 19.6 Å². The van der Waals surface area contributed by atoms with E-state index in [1.165, 1.54) is 13.0 Å². The lowest BCUT2D eigenvalue weighted by atomic mass is 10.0. The molecule has 3 N–H and O–H groups in total. The third kappa shape index (κ3) is 5.52. The van der Waals surface area contributed by atoms with Crippen LogP contribution in [0, 0.1) is 13.8 Å². The van der Waals surface area contributed by atoms with Gasteiger partial charge in [-0.05, 0) is 20.3 Å². The van der Waals surface area contributed by atoms with Gasteiger partial charge in [-0.3, -0.25) is 4.79 Å². The topological polar surface area (TPSA) is 106 Å². The summed E-state index contributed by atoms with van der Waals surface area (Å²) in [4.78, 5) is 13.7. The molecule has 0 atom stereocenters. The first kappa shape index (κ1) is 19.9. The van der Waals surface area contributed by atoms with Crippen LogP contribution in [0.1, 0.15) is 44.1 Å². The number of nitrogens with one attached hydrogen (secondary N) is 3. The number of rotatable bonds is 8. The van der Waals surface area contributed by atoms with Crippen LogP contribution in [0.25, 0.3) is 0 Å². The molecule has 0 bridgehead atoms. The van der Waals surface area contributed by atoms with E-state index < -0.39 is 10.0 Å². The highest BCUT2D eigenvalue weighted by Gasteiger charge is 2.25. The average molecular weight is 373 g/mol. The molecule has 1 aromatic rings. The lowest BCUT2D eigenvalue weighted by Crippen LogP contribution is -3.13. The third-order valence-electron chi connectivity index (χ3n) is 4.54. The van der Waals surface area contributed by atoms with Crippen LogP contribution >= 0.6 is 0 Å². The summed E-state index contributed by atoms with van der Waals surface area (Å²) in [5.41, 5.74) is 0.316. The lowest BCUT2D eigenvalue weighted by molar-refractivity contribution is -0.905. The van der Waals surface area contributed by atoms with Gasteiger partial charge in [0.1, 0.15) is 10.6 Å². The molecule has 1 aliphatic rings. The van der Waals surface area contributed by atoms with Gasteiger partial charge in [0.15, 0.2) is 5.76 Å². The zero-order valence-electron chi connectivity index (χ0n) is 15.2. The molecule has 0 spiro atoms. The summed E-state index contributed by atoms with van der Waals surface area (Å²) >= 11 is 0. The Morgan fingerprint density at radius 2 is 2.00 bits per heavy atom. The molecule has 1 aliphatic heterocycles. The van der Waals surface area contributed by atoms with E-state index in [-0.39, 0.29) is 35.6 Å². The summed E-state index contributed by atoms with van der Waals surface area (Å²) in [6, 6.07) is 0.201. The van der Waals surface area contributed by atoms with Gasteiger partial charge in [0, 0.05) is 31.8 Å². The summed E-state index contributed by atoms with van der Waals surface area (Å²) in [6.07, 6.45) is 3.25. The first-order chi connectivity index (χ1) is 11.8. The maximum Gasteiger partial charge on any atom is 0.245 e. The van der Waals surface area contributed by atoms with Crippen molar-refractivity contribution < 1.29 is 22.6 Å². The van der Waals surface area contributed by atoms with Crippen molar-refractivity contribution in [3.63, 3.8) is 0 Å². The number of nitrogens with zero attached hydrogens (tertiary/aromatic N) is 1. The Balaban J connectivity index is 1.74. The molecule has 25 heavy (non-hydrogen) atoms. The summed E-state index contributed by atoms with van der Waals surface area (Å²) in [7, 11) is -3.71. The molecule has 1 fully saturated rings. The highest BCUT2D eigenvalue weighted by atomic mass is 32.2. The highest BCUT2D eigenvalue weighted by Crippen LogP contribution is 2.18. The van der Waals surface area contributed by atoms with Crippen LogP contribution in [0.3, 0.4) is 0 Å². The van der Waals surface area contributed by atoms with Crippen LogP contribution in [0.2, 0.25) is 0 Å². The Hall–Kier alpha value is -1.45. The molecule has 2 rings (SSSR count). The van der Waals surface area contributed by atoms with Crippen molar-refractivity contribution in [2.45, 2.75) is 57.4 Å². The largest absolute Gasteiger partial charge is 0.360 e. The van der Waals surface area contributed by atoms with Crippen molar-refractivity contribution >= 4 is 15.9 Å². The molecule has 0 radical (unpaired) electrons. The van der Waals surface area contributed by atoms with Crippen molar-refractivity contribution in [2.24, 2.45) is 0 Å². The average Bonchev–Trinajstić information content (AvgIpc) is 2.89. The number of quaternary nitrogens is 1. The second-order valence-electron chi connectivity index (χ2n) is 6.64. The number of hydrogen-bond acceptors (Lipinski definition) is 5. The second kappa shape index (κ2) is 8.77. The number of piperidine rings is 1. The van der Waals surface area contributed by atoms with Gasteiger partial charge in [-0.25, -0.2) is 13.1 Å². The minimum atomic E-state index is -3.71. The van der Waals surface area contributed by atoms with Crippen LogP contribution in [0.5, 0.6) is 0 Å². The summed E-state index contributed by atoms with van der Waals surface area (Å²) in [5, 5.41) is 6.65. The lowest BCUT2D eigenvalue weighted by Gasteiger charge is -2.29. The van der Waals surface area contributed by atoms with E-state index in [1.807, 2.05) is 0 Å². The van der Waals surface area contributed by atoms with Crippen molar-refractivity contribution in [1.82, 2.24) is 15.2 Å². The van der Waals surface area contributed by atoms with Gasteiger partial charge in [-0.15, -0.1) is 0 Å². The normalized spacial score (nSPS) is 21.2. The molecule has 0 unspecified atom stereocenters. The van der Waals surface area contributed by atoms with Gasteiger partial charge in [0.25, 0.3) is 0 Å². The van der Waals surface area contributed by atoms with Crippen molar-refractivity contribution in [3.05, 3.63) is 11.5 Å². The SMILES string of the molecule is CCC[NH+]1CCC(NC(=O)CCNS(=O)(=O)c2c(C)noc2C)CC1. The van der Waals surface area contributed by atoms with E-state index in [2.05, 4.69) is 22.1 Å². The first-order valence-corrected chi connectivity index (χ1v) is 10.4. The third-order valence-corrected chi connectivity index (χ3v) is 6.25. The number of carbonyl (C=O) groups excluding carboxylic acids is 1. The molecule has 2 heterocycles. The van der Waals surface area contributed by atoms with Gasteiger partial charge in [0.2, 0.25) is 15.9 Å². The summed E-state index contributed by atoms with van der Waals surface area (Å²) in [5.74, 6) is 0.126. The number of amides is 1. The monoisotopic (exact) mass is 373 g/mol. The van der Waals surface area contributed by atoms with Gasteiger partial charge >= 0.3 is 0 Å². The van der Waals surface area contributed by atoms with E-state index in [0.29, 0.717) is 5.69 Å². The van der Waals surface area contributed by atoms with Crippen LogP contribution < -0.4 is 14.9 Å². The fourth-order valence-corrected chi connectivity index (χ4v) is 4.66. The maximum atomic E-state index is 12.3. The number of carbonyl (C=O) groups is 1. The molecule has 1 aromatic heterocycles. The minimum Gasteiger partial charge on any atom is -0.360 e. The Morgan fingerprint density at radius 1 is 1.32 bits per heavy atom. The molecular formula is C16H29N4O4S+. The Kier molecular flexibility index (Phi) is 6.97. The van der Waals surface area contributed by atoms with Crippen LogP contribution in [-0.4, -0.2) is 51.7 Å². The fourth-order valence-electron chi connectivity index (χ4n) is 3.30. The summed E-state index contributed by atoms with van der Waals surface area (Å²) < 4.78 is 31.8. The first-order valence-electron chi connectivity index (χ1n) is 8.89. The number of sulfonamides is 1. The smallest absolute Gasteiger partial charge is 0.245 e. The van der Waals surface area contributed by atoms with Crippen LogP contribution in [0.15, 0.2) is 9.42 Å². The zero-order chi connectivity index (χ0) is 18.4. The molecular weight excluding hydrogens is 344 g/mol. The molecule has 1 amide bonds. The molecule has 1 saturated heterocycles. The molecule has 8 nitrogen and oxygen atoms in total. The van der Waals surface area contributed by atoms with E-state index >= 15 is 0 Å². The van der Waals surface area contributed by atoms with Crippen molar-refractivity contribution in [3.8, 4) is 0 Å². The minimum absolute atomic E-state index is 0.0537. The quantitative estimate of drug-likeness (QED) is 0.571. The van der Waals surface area contributed by atoms with E-state index in [1.54, 1.807) is 18.7 Å². The Labute approximate surface area is 149 Å². The molecule has 0 aromatic carbocycles. The molecule has 142 valence electrons. The molecule has 0 aliphatic carbocycles. The standard InChI is InChI=1S/C16H28N4O4S/c1-4-9-20-10-6-14(7-11-20)18-15(21)5-8-17-25(22,23)16-12(2)19-24-13(16)3/h14,17H,4-11H2,1-3H3,(H,18,21)/p+1. The second-order valence-corrected chi connectivity index (χ2v) is 8.35. The van der Waals surface area contributed by atoms with Crippen LogP contribution in [0.4, 0.5) is 0 Å². The van der Waals surface area contributed by atoms with Gasteiger partial charge < -0.3 is 14.7 Å². The predicted molar refractivity (Wildman–Crippen MR) is 92.8 cm³/mol. The maximum absolute atomic E-state index is 12.3. The number of aromatic nitrogens is 1. The van der Waals surface area contributed by atoms with Gasteiger partial charge in [-0.2, -0.15) is 0 Å². The Morgan fingerprint density at radius 3 is 2.56 bits per heavy atom. The van der Waals surface area contributed by atoms with Crippen LogP contribution in [-0.2, 0) is 14.8 Å². The van der Waals surface area contributed by atoms with E-state index in [9.17, 15) is 13.2 Å². The van der Waals surface area contributed by atoms with Crippen molar-refractivity contribution in [1.29, 1.82) is 0 Å². The zero-order valence-corrected chi connectivity index (χ0v) is 16.0. The number of hydrogen-bond donors (Lipinski definition) is 3. The summed E-state index contributed by atoms with van der Waals surface area (Å²) in [6.45, 7) is 8.71. The predicted octanol–water partition coefficient (Wildman–Crippen LogP) is -0.467. The Bertz CT molecular complexity index is 659. The molecule has 9 heteroatoms. The highest BCUT2D eigenvalue weighted by molar-refractivity contribution is 7.89.